The van der Waals surface area contributed by atoms with Crippen molar-refractivity contribution in [2.45, 2.75) is 25.5 Å². The topological polar surface area (TPSA) is 94.2 Å². The van der Waals surface area contributed by atoms with E-state index in [1.165, 1.54) is 7.11 Å². The number of nitrogens with zero attached hydrogens (tertiary/aromatic N) is 1. The highest BCUT2D eigenvalue weighted by atomic mass is 16.6. The lowest BCUT2D eigenvalue weighted by Crippen LogP contribution is -2.51. The maximum absolute atomic E-state index is 12.0. The number of cyclic esters (lactones) is 1. The maximum atomic E-state index is 12.0. The van der Waals surface area contributed by atoms with E-state index in [4.69, 9.17) is 9.47 Å². The van der Waals surface area contributed by atoms with Crippen molar-refractivity contribution in [3.63, 3.8) is 0 Å². The molecule has 0 aliphatic carbocycles. The van der Waals surface area contributed by atoms with Gasteiger partial charge in [-0.2, -0.15) is 0 Å². The second-order valence-corrected chi connectivity index (χ2v) is 4.79. The summed E-state index contributed by atoms with van der Waals surface area (Å²) in [4.78, 5) is 35.4. The van der Waals surface area contributed by atoms with Crippen LogP contribution in [0.3, 0.4) is 0 Å². The third-order valence-electron chi connectivity index (χ3n) is 3.31. The number of amides is 2. The van der Waals surface area contributed by atoms with Gasteiger partial charge in [0.05, 0.1) is 13.7 Å². The molecule has 8 heteroatoms. The van der Waals surface area contributed by atoms with E-state index in [1.54, 1.807) is 6.92 Å². The van der Waals surface area contributed by atoms with E-state index in [0.29, 0.717) is 6.42 Å². The Kier molecular flexibility index (Phi) is 5.40. The smallest absolute Gasteiger partial charge is 0.430 e. The van der Waals surface area contributed by atoms with Gasteiger partial charge in [-0.05, 0) is 18.9 Å². The summed E-state index contributed by atoms with van der Waals surface area (Å²) in [6, 6.07) is 8.49. The quantitative estimate of drug-likeness (QED) is 0.648. The van der Waals surface area contributed by atoms with Gasteiger partial charge in [0.2, 0.25) is 6.10 Å². The normalized spacial score (nSPS) is 19.9. The number of hydrogen-bond acceptors (Lipinski definition) is 6. The second kappa shape index (κ2) is 7.48. The van der Waals surface area contributed by atoms with E-state index in [-0.39, 0.29) is 6.61 Å². The van der Waals surface area contributed by atoms with Gasteiger partial charge in [-0.15, -0.1) is 0 Å². The van der Waals surface area contributed by atoms with Gasteiger partial charge in [-0.25, -0.2) is 24.8 Å². The Labute approximate surface area is 133 Å². The number of ether oxygens (including phenoxy) is 3. The molecule has 124 valence electrons. The molecule has 1 fully saturated rings. The van der Waals surface area contributed by atoms with Crippen molar-refractivity contribution in [1.29, 1.82) is 0 Å². The lowest BCUT2D eigenvalue weighted by molar-refractivity contribution is -0.150. The van der Waals surface area contributed by atoms with Crippen LogP contribution in [0.15, 0.2) is 30.3 Å². The molecule has 0 bridgehead atoms. The lowest BCUT2D eigenvalue weighted by Gasteiger charge is -2.23. The SMILES string of the molecule is CCOC(=O)NN1C(=O)O[C@@H](C(=O)OC)[C@@H]1Cc1ccccc1. The molecule has 0 saturated carbocycles. The number of hydrazine groups is 1. The third-order valence-corrected chi connectivity index (χ3v) is 3.31. The number of hydrogen-bond donors (Lipinski definition) is 1. The zero-order valence-electron chi connectivity index (χ0n) is 12.9. The van der Waals surface area contributed by atoms with E-state index in [2.05, 4.69) is 10.2 Å². The number of methoxy groups -OCH3 is 1. The van der Waals surface area contributed by atoms with Gasteiger partial charge in [-0.3, -0.25) is 0 Å². The number of carbonyl (C=O) groups is 3. The van der Waals surface area contributed by atoms with Crippen molar-refractivity contribution >= 4 is 18.2 Å². The molecule has 1 heterocycles. The average molecular weight is 322 g/mol. The summed E-state index contributed by atoms with van der Waals surface area (Å²) in [6.45, 7) is 1.79. The molecule has 0 spiro atoms. The monoisotopic (exact) mass is 322 g/mol. The largest absolute Gasteiger partial charge is 0.466 e. The van der Waals surface area contributed by atoms with E-state index >= 15 is 0 Å². The van der Waals surface area contributed by atoms with E-state index < -0.39 is 30.3 Å². The number of esters is 1. The minimum Gasteiger partial charge on any atom is -0.466 e. The first-order valence-electron chi connectivity index (χ1n) is 7.11. The van der Waals surface area contributed by atoms with Crippen LogP contribution in [0.1, 0.15) is 12.5 Å². The predicted octanol–water partition coefficient (Wildman–Crippen LogP) is 1.25. The minimum absolute atomic E-state index is 0.151. The average Bonchev–Trinajstić information content (AvgIpc) is 2.84. The first-order valence-corrected chi connectivity index (χ1v) is 7.11. The van der Waals surface area contributed by atoms with Crippen LogP contribution in [0.2, 0.25) is 0 Å². The van der Waals surface area contributed by atoms with Gasteiger partial charge in [0.25, 0.3) is 0 Å². The van der Waals surface area contributed by atoms with Gasteiger partial charge in [-0.1, -0.05) is 30.3 Å². The lowest BCUT2D eigenvalue weighted by atomic mass is 10.0. The van der Waals surface area contributed by atoms with Crippen LogP contribution in [0.5, 0.6) is 0 Å². The molecular weight excluding hydrogens is 304 g/mol. The number of rotatable bonds is 5. The van der Waals surface area contributed by atoms with Crippen molar-refractivity contribution < 1.29 is 28.6 Å². The zero-order valence-corrected chi connectivity index (χ0v) is 12.9. The summed E-state index contributed by atoms with van der Waals surface area (Å²) >= 11 is 0. The van der Waals surface area contributed by atoms with Crippen LogP contribution < -0.4 is 5.43 Å². The van der Waals surface area contributed by atoms with E-state index in [1.807, 2.05) is 30.3 Å². The predicted molar refractivity (Wildman–Crippen MR) is 78.2 cm³/mol. The molecule has 2 atom stereocenters. The molecule has 2 rings (SSSR count). The minimum atomic E-state index is -1.13. The van der Waals surface area contributed by atoms with Gasteiger partial charge >= 0.3 is 18.2 Å². The van der Waals surface area contributed by atoms with Crippen molar-refractivity contribution in [2.75, 3.05) is 13.7 Å². The van der Waals surface area contributed by atoms with Crippen molar-refractivity contribution in [3.05, 3.63) is 35.9 Å². The number of benzene rings is 1. The van der Waals surface area contributed by atoms with Crippen molar-refractivity contribution in [1.82, 2.24) is 10.4 Å². The Hall–Kier alpha value is -2.77. The Morgan fingerprint density at radius 2 is 2.00 bits per heavy atom. The number of nitrogens with one attached hydrogen (secondary N) is 1. The van der Waals surface area contributed by atoms with Crippen LogP contribution in [0, 0.1) is 0 Å². The summed E-state index contributed by atoms with van der Waals surface area (Å²) in [5.41, 5.74) is 3.17. The van der Waals surface area contributed by atoms with Gasteiger partial charge in [0.15, 0.2) is 0 Å². The summed E-state index contributed by atoms with van der Waals surface area (Å²) in [6.07, 6.45) is -2.46. The molecule has 1 aromatic carbocycles. The second-order valence-electron chi connectivity index (χ2n) is 4.79. The summed E-state index contributed by atoms with van der Waals surface area (Å²) < 4.78 is 14.5. The standard InChI is InChI=1S/C15H18N2O6/c1-3-22-14(19)16-17-11(9-10-7-5-4-6-8-10)12(13(18)21-2)23-15(17)20/h4-8,11-12H,3,9H2,1-2H3,(H,16,19)/t11-,12+/m0/s1. The van der Waals surface area contributed by atoms with E-state index in [0.717, 1.165) is 10.6 Å². The van der Waals surface area contributed by atoms with Gasteiger partial charge in [0, 0.05) is 0 Å². The van der Waals surface area contributed by atoms with Crippen molar-refractivity contribution in [2.24, 2.45) is 0 Å². The van der Waals surface area contributed by atoms with Crippen LogP contribution in [-0.2, 0) is 25.4 Å². The highest BCUT2D eigenvalue weighted by Crippen LogP contribution is 2.22. The number of carbonyl (C=O) groups excluding carboxylic acids is 3. The molecule has 8 nitrogen and oxygen atoms in total. The van der Waals surface area contributed by atoms with Crippen LogP contribution in [0.4, 0.5) is 9.59 Å². The van der Waals surface area contributed by atoms with Crippen LogP contribution >= 0.6 is 0 Å². The summed E-state index contributed by atoms with van der Waals surface area (Å²) in [5, 5.41) is 0.965. The Morgan fingerprint density at radius 1 is 1.30 bits per heavy atom. The molecule has 1 N–H and O–H groups in total. The van der Waals surface area contributed by atoms with Crippen LogP contribution in [-0.4, -0.2) is 49.0 Å². The first-order chi connectivity index (χ1) is 11.1. The fourth-order valence-electron chi connectivity index (χ4n) is 2.28. The van der Waals surface area contributed by atoms with Crippen LogP contribution in [0.25, 0.3) is 0 Å². The first kappa shape index (κ1) is 16.6. The third kappa shape index (κ3) is 3.91. The highest BCUT2D eigenvalue weighted by Gasteiger charge is 2.47. The van der Waals surface area contributed by atoms with Crippen molar-refractivity contribution in [3.8, 4) is 0 Å². The molecule has 1 saturated heterocycles. The molecule has 0 aromatic heterocycles. The highest BCUT2D eigenvalue weighted by molar-refractivity contribution is 5.84. The molecular formula is C15H18N2O6. The molecule has 2 amide bonds. The Balaban J connectivity index is 2.21. The van der Waals surface area contributed by atoms with E-state index in [9.17, 15) is 14.4 Å². The van der Waals surface area contributed by atoms with Gasteiger partial charge in [0.1, 0.15) is 6.04 Å². The Morgan fingerprint density at radius 3 is 2.61 bits per heavy atom. The zero-order chi connectivity index (χ0) is 16.8. The molecule has 1 aliphatic heterocycles. The molecule has 1 aliphatic rings. The summed E-state index contributed by atoms with van der Waals surface area (Å²) in [7, 11) is 1.21. The molecule has 0 unspecified atom stereocenters. The fraction of sp³-hybridized carbons (Fsp3) is 0.400. The Bertz CT molecular complexity index is 577. The molecule has 0 radical (unpaired) electrons. The summed E-state index contributed by atoms with van der Waals surface area (Å²) in [5.74, 6) is -0.688. The van der Waals surface area contributed by atoms with Gasteiger partial charge < -0.3 is 14.2 Å². The molecule has 1 aromatic rings. The molecule has 23 heavy (non-hydrogen) atoms. The fourth-order valence-corrected chi connectivity index (χ4v) is 2.28. The maximum Gasteiger partial charge on any atom is 0.430 e.